The van der Waals surface area contributed by atoms with E-state index in [9.17, 15) is 9.90 Å². The number of H-pyrrole nitrogens is 1. The summed E-state index contributed by atoms with van der Waals surface area (Å²) in [6.45, 7) is 0. The predicted octanol–water partition coefficient (Wildman–Crippen LogP) is 2.10. The van der Waals surface area contributed by atoms with Crippen molar-refractivity contribution >= 4 is 28.6 Å². The fourth-order valence-electron chi connectivity index (χ4n) is 1.93. The average molecular weight is 268 g/mol. The number of fused-ring (bicyclic) bond motifs is 1. The molecule has 100 valence electrons. The zero-order chi connectivity index (χ0) is 14.1. The highest BCUT2D eigenvalue weighted by Gasteiger charge is 2.14. The molecule has 1 aromatic heterocycles. The number of nitrogens with two attached hydrogens (primary N) is 1. The van der Waals surface area contributed by atoms with Gasteiger partial charge in [-0.3, -0.25) is 10.1 Å². The van der Waals surface area contributed by atoms with Crippen LogP contribution in [0.4, 0.5) is 11.6 Å². The van der Waals surface area contributed by atoms with Gasteiger partial charge in [-0.2, -0.15) is 0 Å². The van der Waals surface area contributed by atoms with Crippen molar-refractivity contribution < 1.29 is 9.90 Å². The number of imidazole rings is 1. The molecule has 0 aliphatic carbocycles. The Labute approximate surface area is 114 Å². The number of aromatic amines is 1. The zero-order valence-corrected chi connectivity index (χ0v) is 10.4. The summed E-state index contributed by atoms with van der Waals surface area (Å²) >= 11 is 0. The highest BCUT2D eigenvalue weighted by atomic mass is 16.3. The molecule has 2 aromatic carbocycles. The number of nitrogens with zero attached hydrogens (tertiary/aromatic N) is 1. The van der Waals surface area contributed by atoms with Crippen LogP contribution < -0.4 is 11.1 Å². The summed E-state index contributed by atoms with van der Waals surface area (Å²) in [5, 5.41) is 12.4. The van der Waals surface area contributed by atoms with Crippen LogP contribution in [0.25, 0.3) is 11.0 Å². The second kappa shape index (κ2) is 4.58. The van der Waals surface area contributed by atoms with Crippen LogP contribution in [0.5, 0.6) is 5.75 Å². The lowest BCUT2D eigenvalue weighted by Crippen LogP contribution is -2.13. The molecule has 0 atom stereocenters. The number of nitrogen functional groups attached to an aromatic ring is 1. The molecular weight excluding hydrogens is 256 g/mol. The first kappa shape index (κ1) is 12.0. The van der Waals surface area contributed by atoms with Crippen LogP contribution in [0.1, 0.15) is 10.4 Å². The maximum absolute atomic E-state index is 12.1. The molecule has 0 aliphatic heterocycles. The van der Waals surface area contributed by atoms with E-state index in [-0.39, 0.29) is 17.0 Å². The van der Waals surface area contributed by atoms with Crippen molar-refractivity contribution in [3.8, 4) is 5.75 Å². The van der Waals surface area contributed by atoms with Crippen molar-refractivity contribution in [1.82, 2.24) is 9.97 Å². The number of phenolic OH excluding ortho intramolecular Hbond substituents is 1. The monoisotopic (exact) mass is 268 g/mol. The van der Waals surface area contributed by atoms with Crippen LogP contribution in [-0.4, -0.2) is 21.0 Å². The summed E-state index contributed by atoms with van der Waals surface area (Å²) in [6, 6.07) is 12.0. The number of amides is 1. The van der Waals surface area contributed by atoms with Crippen molar-refractivity contribution in [3.05, 3.63) is 48.0 Å². The Kier molecular flexibility index (Phi) is 2.76. The normalized spacial score (nSPS) is 10.6. The Morgan fingerprint density at radius 3 is 2.80 bits per heavy atom. The molecule has 6 nitrogen and oxygen atoms in total. The topological polar surface area (TPSA) is 104 Å². The number of hydrogen-bond acceptors (Lipinski definition) is 4. The average Bonchev–Trinajstić information content (AvgIpc) is 2.83. The number of phenols is 1. The molecule has 3 rings (SSSR count). The standard InChI is InChI=1S/C14H12N4O2/c15-9-5-3-4-8(12(9)19)13(20)18-14-16-10-6-1-2-7-11(10)17-14/h1-7,19H,15H2,(H2,16,17,18,20). The summed E-state index contributed by atoms with van der Waals surface area (Å²) in [6.07, 6.45) is 0. The van der Waals surface area contributed by atoms with Gasteiger partial charge in [0.15, 0.2) is 5.75 Å². The number of anilines is 2. The second-order valence-electron chi connectivity index (χ2n) is 4.30. The Morgan fingerprint density at radius 1 is 1.20 bits per heavy atom. The molecule has 0 radical (unpaired) electrons. The molecule has 3 aromatic rings. The Balaban J connectivity index is 1.90. The lowest BCUT2D eigenvalue weighted by atomic mass is 10.1. The van der Waals surface area contributed by atoms with Crippen molar-refractivity contribution in [2.24, 2.45) is 0 Å². The largest absolute Gasteiger partial charge is 0.505 e. The molecular formula is C14H12N4O2. The summed E-state index contributed by atoms with van der Waals surface area (Å²) in [4.78, 5) is 19.3. The van der Waals surface area contributed by atoms with E-state index in [1.807, 2.05) is 24.3 Å². The van der Waals surface area contributed by atoms with Gasteiger partial charge in [-0.05, 0) is 24.3 Å². The van der Waals surface area contributed by atoms with E-state index < -0.39 is 5.91 Å². The third kappa shape index (κ3) is 2.03. The number of nitrogens with one attached hydrogen (secondary N) is 2. The van der Waals surface area contributed by atoms with Gasteiger partial charge in [0.2, 0.25) is 5.95 Å². The van der Waals surface area contributed by atoms with Crippen LogP contribution in [0, 0.1) is 0 Å². The number of rotatable bonds is 2. The van der Waals surface area contributed by atoms with E-state index in [0.717, 1.165) is 11.0 Å². The fraction of sp³-hybridized carbons (Fsp3) is 0. The molecule has 20 heavy (non-hydrogen) atoms. The third-order valence-electron chi connectivity index (χ3n) is 2.93. The lowest BCUT2D eigenvalue weighted by Gasteiger charge is -2.05. The van der Waals surface area contributed by atoms with Gasteiger partial charge < -0.3 is 15.8 Å². The minimum absolute atomic E-state index is 0.102. The Morgan fingerprint density at radius 2 is 2.00 bits per heavy atom. The molecule has 0 spiro atoms. The van der Waals surface area contributed by atoms with E-state index in [4.69, 9.17) is 5.73 Å². The second-order valence-corrected chi connectivity index (χ2v) is 4.30. The Bertz CT molecular complexity index is 762. The predicted molar refractivity (Wildman–Crippen MR) is 76.6 cm³/mol. The van der Waals surface area contributed by atoms with Gasteiger partial charge in [0.1, 0.15) is 0 Å². The summed E-state index contributed by atoms with van der Waals surface area (Å²) < 4.78 is 0. The Hall–Kier alpha value is -3.02. The minimum atomic E-state index is -0.478. The lowest BCUT2D eigenvalue weighted by molar-refractivity contribution is 0.102. The minimum Gasteiger partial charge on any atom is -0.505 e. The number of benzene rings is 2. The first-order chi connectivity index (χ1) is 9.65. The van der Waals surface area contributed by atoms with E-state index in [2.05, 4.69) is 15.3 Å². The van der Waals surface area contributed by atoms with Crippen molar-refractivity contribution in [1.29, 1.82) is 0 Å². The molecule has 0 aliphatic rings. The van der Waals surface area contributed by atoms with E-state index >= 15 is 0 Å². The van der Waals surface area contributed by atoms with Crippen LogP contribution in [0.15, 0.2) is 42.5 Å². The van der Waals surface area contributed by atoms with Crippen molar-refractivity contribution in [2.45, 2.75) is 0 Å². The zero-order valence-electron chi connectivity index (χ0n) is 10.4. The first-order valence-electron chi connectivity index (χ1n) is 5.98. The maximum atomic E-state index is 12.1. The molecule has 0 saturated carbocycles. The van der Waals surface area contributed by atoms with Gasteiger partial charge >= 0.3 is 0 Å². The molecule has 1 heterocycles. The van der Waals surface area contributed by atoms with Gasteiger partial charge in [-0.25, -0.2) is 4.98 Å². The number of carbonyl (C=O) groups is 1. The molecule has 6 heteroatoms. The number of aromatic nitrogens is 2. The van der Waals surface area contributed by atoms with Gasteiger partial charge in [0, 0.05) is 0 Å². The van der Waals surface area contributed by atoms with Crippen LogP contribution >= 0.6 is 0 Å². The van der Waals surface area contributed by atoms with Crippen LogP contribution in [-0.2, 0) is 0 Å². The number of carbonyl (C=O) groups excluding carboxylic acids is 1. The molecule has 1 amide bonds. The molecule has 0 unspecified atom stereocenters. The molecule has 5 N–H and O–H groups in total. The smallest absolute Gasteiger partial charge is 0.261 e. The number of para-hydroxylation sites is 3. The third-order valence-corrected chi connectivity index (χ3v) is 2.93. The van der Waals surface area contributed by atoms with Gasteiger partial charge in [0.25, 0.3) is 5.91 Å². The summed E-state index contributed by atoms with van der Waals surface area (Å²) in [7, 11) is 0. The SMILES string of the molecule is Nc1cccc(C(=O)Nc2nc3ccccc3[nH]2)c1O. The molecule has 0 bridgehead atoms. The fourth-order valence-corrected chi connectivity index (χ4v) is 1.93. The highest BCUT2D eigenvalue weighted by molar-refractivity contribution is 6.06. The summed E-state index contributed by atoms with van der Waals surface area (Å²) in [5.41, 5.74) is 7.39. The maximum Gasteiger partial charge on any atom is 0.261 e. The number of hydrogen-bond donors (Lipinski definition) is 4. The van der Waals surface area contributed by atoms with E-state index in [1.54, 1.807) is 6.07 Å². The van der Waals surface area contributed by atoms with Gasteiger partial charge in [-0.1, -0.05) is 18.2 Å². The first-order valence-corrected chi connectivity index (χ1v) is 5.98. The van der Waals surface area contributed by atoms with E-state index in [0.29, 0.717) is 5.95 Å². The van der Waals surface area contributed by atoms with Crippen LogP contribution in [0.3, 0.4) is 0 Å². The molecule has 0 fully saturated rings. The van der Waals surface area contributed by atoms with Gasteiger partial charge in [-0.15, -0.1) is 0 Å². The van der Waals surface area contributed by atoms with E-state index in [1.165, 1.54) is 12.1 Å². The van der Waals surface area contributed by atoms with Gasteiger partial charge in [0.05, 0.1) is 22.3 Å². The molecule has 0 saturated heterocycles. The van der Waals surface area contributed by atoms with Crippen molar-refractivity contribution in [2.75, 3.05) is 11.1 Å². The quantitative estimate of drug-likeness (QED) is 0.422. The van der Waals surface area contributed by atoms with Crippen molar-refractivity contribution in [3.63, 3.8) is 0 Å². The summed E-state index contributed by atoms with van der Waals surface area (Å²) in [5.74, 6) is -0.395. The van der Waals surface area contributed by atoms with Crippen LogP contribution in [0.2, 0.25) is 0 Å². The highest BCUT2D eigenvalue weighted by Crippen LogP contribution is 2.25. The number of aromatic hydroxyl groups is 1.